The Balaban J connectivity index is 2.09. The molecule has 0 radical (unpaired) electrons. The van der Waals surface area contributed by atoms with Gasteiger partial charge in [-0.05, 0) is 25.6 Å². The van der Waals surface area contributed by atoms with Gasteiger partial charge in [-0.2, -0.15) is 0 Å². The Morgan fingerprint density at radius 2 is 2.14 bits per heavy atom. The minimum atomic E-state index is -1.01. The average molecular weight is 311 g/mol. The van der Waals surface area contributed by atoms with Crippen LogP contribution in [0.5, 0.6) is 0 Å². The van der Waals surface area contributed by atoms with Crippen LogP contribution in [0.25, 0.3) is 0 Å². The molecule has 0 bridgehead atoms. The van der Waals surface area contributed by atoms with Gasteiger partial charge in [0.1, 0.15) is 5.92 Å². The lowest BCUT2D eigenvalue weighted by molar-refractivity contribution is -0.138. The molecule has 120 valence electrons. The van der Waals surface area contributed by atoms with E-state index >= 15 is 0 Å². The number of hydrogen-bond acceptors (Lipinski definition) is 3. The molecule has 1 heterocycles. The zero-order valence-corrected chi connectivity index (χ0v) is 12.6. The fourth-order valence-corrected chi connectivity index (χ4v) is 2.47. The summed E-state index contributed by atoms with van der Waals surface area (Å²) in [5, 5.41) is 2.93. The van der Waals surface area contributed by atoms with Gasteiger partial charge >= 0.3 is 0 Å². The Morgan fingerprint density at radius 3 is 2.77 bits per heavy atom. The number of anilines is 1. The van der Waals surface area contributed by atoms with E-state index in [0.29, 0.717) is 26.1 Å². The molecule has 1 aliphatic rings. The zero-order valence-electron chi connectivity index (χ0n) is 12.6. The third kappa shape index (κ3) is 3.24. The standard InChI is InChI=1S/C15H19F2N3O2/c1-18-6-8-19(2)14(21)11-5-7-20(15(11)22)10-3-4-12(16)13(17)9-10/h3-4,9,11,18H,5-8H2,1-2H3. The van der Waals surface area contributed by atoms with Gasteiger partial charge < -0.3 is 15.1 Å². The van der Waals surface area contributed by atoms with E-state index in [4.69, 9.17) is 0 Å². The first kappa shape index (κ1) is 16.4. The molecule has 2 rings (SSSR count). The molecule has 1 atom stereocenters. The highest BCUT2D eigenvalue weighted by molar-refractivity contribution is 6.09. The van der Waals surface area contributed by atoms with Crippen molar-refractivity contribution in [2.24, 2.45) is 5.92 Å². The SMILES string of the molecule is CNCCN(C)C(=O)C1CCN(c2ccc(F)c(F)c2)C1=O. The smallest absolute Gasteiger partial charge is 0.239 e. The molecule has 0 aliphatic carbocycles. The number of hydrogen-bond donors (Lipinski definition) is 1. The number of nitrogens with one attached hydrogen (secondary N) is 1. The summed E-state index contributed by atoms with van der Waals surface area (Å²) < 4.78 is 26.3. The highest BCUT2D eigenvalue weighted by Crippen LogP contribution is 2.27. The summed E-state index contributed by atoms with van der Waals surface area (Å²) in [7, 11) is 3.43. The summed E-state index contributed by atoms with van der Waals surface area (Å²) in [6.07, 6.45) is 0.376. The van der Waals surface area contributed by atoms with Crippen LogP contribution in [-0.2, 0) is 9.59 Å². The molecule has 0 spiro atoms. The molecule has 7 heteroatoms. The maximum atomic E-state index is 13.3. The molecule has 1 N–H and O–H groups in total. The fraction of sp³-hybridized carbons (Fsp3) is 0.467. The van der Waals surface area contributed by atoms with Crippen LogP contribution in [0, 0.1) is 17.6 Å². The second-order valence-corrected chi connectivity index (χ2v) is 5.29. The van der Waals surface area contributed by atoms with E-state index in [1.165, 1.54) is 15.9 Å². The van der Waals surface area contributed by atoms with Crippen molar-refractivity contribution >= 4 is 17.5 Å². The predicted octanol–water partition coefficient (Wildman–Crippen LogP) is 0.995. The maximum absolute atomic E-state index is 13.3. The van der Waals surface area contributed by atoms with Gasteiger partial charge in [0, 0.05) is 38.4 Å². The van der Waals surface area contributed by atoms with E-state index < -0.39 is 17.6 Å². The number of amides is 2. The lowest BCUT2D eigenvalue weighted by Crippen LogP contribution is -2.40. The third-order valence-corrected chi connectivity index (χ3v) is 3.79. The van der Waals surface area contributed by atoms with E-state index in [1.807, 2.05) is 0 Å². The second-order valence-electron chi connectivity index (χ2n) is 5.29. The van der Waals surface area contributed by atoms with Gasteiger partial charge in [-0.25, -0.2) is 8.78 Å². The maximum Gasteiger partial charge on any atom is 0.239 e. The van der Waals surface area contributed by atoms with Gasteiger partial charge in [-0.15, -0.1) is 0 Å². The molecular weight excluding hydrogens is 292 g/mol. The minimum absolute atomic E-state index is 0.245. The number of halogens is 2. The number of rotatable bonds is 5. The van der Waals surface area contributed by atoms with E-state index in [9.17, 15) is 18.4 Å². The van der Waals surface area contributed by atoms with Crippen molar-refractivity contribution in [1.82, 2.24) is 10.2 Å². The highest BCUT2D eigenvalue weighted by Gasteiger charge is 2.39. The van der Waals surface area contributed by atoms with Crippen LogP contribution in [0.3, 0.4) is 0 Å². The van der Waals surface area contributed by atoms with E-state index in [1.54, 1.807) is 14.1 Å². The minimum Gasteiger partial charge on any atom is -0.344 e. The van der Waals surface area contributed by atoms with E-state index in [2.05, 4.69) is 5.32 Å². The number of carbonyl (C=O) groups excluding carboxylic acids is 2. The monoisotopic (exact) mass is 311 g/mol. The zero-order chi connectivity index (χ0) is 16.3. The molecule has 2 amide bonds. The van der Waals surface area contributed by atoms with E-state index in [0.717, 1.165) is 12.1 Å². The molecule has 5 nitrogen and oxygen atoms in total. The van der Waals surface area contributed by atoms with Crippen LogP contribution in [0.4, 0.5) is 14.5 Å². The van der Waals surface area contributed by atoms with Gasteiger partial charge in [-0.3, -0.25) is 9.59 Å². The summed E-state index contributed by atoms with van der Waals surface area (Å²) in [5.41, 5.74) is 0.275. The average Bonchev–Trinajstić information content (AvgIpc) is 2.88. The van der Waals surface area contributed by atoms with Crippen LogP contribution in [-0.4, -0.2) is 50.4 Å². The van der Waals surface area contributed by atoms with Crippen molar-refractivity contribution in [2.75, 3.05) is 38.6 Å². The summed E-state index contributed by atoms with van der Waals surface area (Å²) in [6.45, 7) is 1.46. The largest absolute Gasteiger partial charge is 0.344 e. The van der Waals surface area contributed by atoms with Crippen molar-refractivity contribution in [3.05, 3.63) is 29.8 Å². The molecule has 1 aromatic carbocycles. The van der Waals surface area contributed by atoms with Crippen LogP contribution < -0.4 is 10.2 Å². The van der Waals surface area contributed by atoms with Crippen molar-refractivity contribution in [2.45, 2.75) is 6.42 Å². The Kier molecular flexibility index (Phi) is 5.07. The lowest BCUT2D eigenvalue weighted by atomic mass is 10.1. The fourth-order valence-electron chi connectivity index (χ4n) is 2.47. The quantitative estimate of drug-likeness (QED) is 0.825. The highest BCUT2D eigenvalue weighted by atomic mass is 19.2. The third-order valence-electron chi connectivity index (χ3n) is 3.79. The number of nitrogens with zero attached hydrogens (tertiary/aromatic N) is 2. The molecule has 1 aliphatic heterocycles. The first-order valence-electron chi connectivity index (χ1n) is 7.11. The topological polar surface area (TPSA) is 52.7 Å². The van der Waals surface area contributed by atoms with Gasteiger partial charge in [0.25, 0.3) is 0 Å². The van der Waals surface area contributed by atoms with Crippen LogP contribution in [0.15, 0.2) is 18.2 Å². The van der Waals surface area contributed by atoms with Crippen molar-refractivity contribution < 1.29 is 18.4 Å². The predicted molar refractivity (Wildman–Crippen MR) is 78.4 cm³/mol. The Bertz CT molecular complexity index is 580. The van der Waals surface area contributed by atoms with Crippen molar-refractivity contribution in [3.8, 4) is 0 Å². The molecule has 1 saturated heterocycles. The van der Waals surface area contributed by atoms with Crippen molar-refractivity contribution in [1.29, 1.82) is 0 Å². The lowest BCUT2D eigenvalue weighted by Gasteiger charge is -2.21. The first-order valence-corrected chi connectivity index (χ1v) is 7.11. The van der Waals surface area contributed by atoms with E-state index in [-0.39, 0.29) is 17.5 Å². The molecule has 22 heavy (non-hydrogen) atoms. The summed E-state index contributed by atoms with van der Waals surface area (Å²) in [5.74, 6) is -3.34. The Morgan fingerprint density at radius 1 is 1.41 bits per heavy atom. The second kappa shape index (κ2) is 6.83. The molecule has 1 aromatic rings. The van der Waals surface area contributed by atoms with Crippen LogP contribution >= 0.6 is 0 Å². The Hall–Kier alpha value is -2.02. The van der Waals surface area contributed by atoms with Gasteiger partial charge in [0.2, 0.25) is 11.8 Å². The van der Waals surface area contributed by atoms with Crippen LogP contribution in [0.1, 0.15) is 6.42 Å². The van der Waals surface area contributed by atoms with Gasteiger partial charge in [0.05, 0.1) is 0 Å². The van der Waals surface area contributed by atoms with Crippen molar-refractivity contribution in [3.63, 3.8) is 0 Å². The molecule has 1 unspecified atom stereocenters. The summed E-state index contributed by atoms with van der Waals surface area (Å²) >= 11 is 0. The number of carbonyl (C=O) groups is 2. The van der Waals surface area contributed by atoms with Gasteiger partial charge in [-0.1, -0.05) is 0 Å². The van der Waals surface area contributed by atoms with Crippen LogP contribution in [0.2, 0.25) is 0 Å². The van der Waals surface area contributed by atoms with Gasteiger partial charge in [0.15, 0.2) is 11.6 Å². The molecular formula is C15H19F2N3O2. The number of benzene rings is 1. The molecule has 0 aromatic heterocycles. The summed E-state index contributed by atoms with van der Waals surface area (Å²) in [6, 6.07) is 3.30. The molecule has 0 saturated carbocycles. The summed E-state index contributed by atoms with van der Waals surface area (Å²) in [4.78, 5) is 27.5. The number of likely N-dealkylation sites (N-methyl/N-ethyl adjacent to an activating group) is 2. The normalized spacial score (nSPS) is 17.9. The first-order chi connectivity index (χ1) is 10.5. The molecule has 1 fully saturated rings. The Labute approximate surface area is 127 Å².